The van der Waals surface area contributed by atoms with Gasteiger partial charge >= 0.3 is 17.8 Å². The van der Waals surface area contributed by atoms with Crippen LogP contribution in [0.25, 0.3) is 0 Å². The Morgan fingerprint density at radius 1 is 1.11 bits per heavy atom. The number of nitrogens with zero attached hydrogens (tertiary/aromatic N) is 1. The monoisotopic (exact) mass is 370 g/mol. The Labute approximate surface area is 159 Å². The number of likely N-dealkylation sites (tertiary alicyclic amines) is 1. The highest BCUT2D eigenvalue weighted by Gasteiger charge is 2.59. The first-order valence-corrected chi connectivity index (χ1v) is 9.82. The number of rotatable bonds is 2. The molecule has 0 bridgehead atoms. The average Bonchev–Trinajstić information content (AvgIpc) is 3.40. The molecule has 6 heteroatoms. The lowest BCUT2D eigenvalue weighted by atomic mass is 9.90. The first-order valence-electron chi connectivity index (χ1n) is 9.82. The number of piperidine rings is 1. The molecule has 6 nitrogen and oxygen atoms in total. The zero-order valence-electron chi connectivity index (χ0n) is 15.8. The van der Waals surface area contributed by atoms with Crippen molar-refractivity contribution >= 4 is 23.5 Å². The zero-order chi connectivity index (χ0) is 19.0. The van der Waals surface area contributed by atoms with Crippen LogP contribution < -0.4 is 5.32 Å². The molecule has 1 spiro atoms. The number of hydrogen-bond acceptors (Lipinski definition) is 4. The number of amides is 2. The van der Waals surface area contributed by atoms with Crippen molar-refractivity contribution in [2.45, 2.75) is 44.9 Å². The summed E-state index contributed by atoms with van der Waals surface area (Å²) in [7, 11) is 1.41. The van der Waals surface area contributed by atoms with Gasteiger partial charge in [-0.1, -0.05) is 6.07 Å². The Balaban J connectivity index is 1.33. The van der Waals surface area contributed by atoms with Crippen LogP contribution in [0, 0.1) is 11.3 Å². The Morgan fingerprint density at radius 2 is 1.81 bits per heavy atom. The molecule has 1 heterocycles. The van der Waals surface area contributed by atoms with Crippen molar-refractivity contribution in [2.24, 2.45) is 11.3 Å². The highest BCUT2D eigenvalue weighted by atomic mass is 16.5. The third kappa shape index (κ3) is 3.45. The van der Waals surface area contributed by atoms with Crippen LogP contribution in [0.1, 0.15) is 43.2 Å². The molecular weight excluding hydrogens is 344 g/mol. The Hall–Kier alpha value is -2.37. The van der Waals surface area contributed by atoms with Gasteiger partial charge in [-0.25, -0.2) is 0 Å². The zero-order valence-corrected chi connectivity index (χ0v) is 15.8. The molecule has 4 rings (SSSR count). The van der Waals surface area contributed by atoms with Gasteiger partial charge in [0.25, 0.3) is 0 Å². The van der Waals surface area contributed by atoms with Gasteiger partial charge in [0, 0.05) is 18.8 Å². The number of anilines is 1. The fourth-order valence-electron chi connectivity index (χ4n) is 4.67. The van der Waals surface area contributed by atoms with Crippen LogP contribution in [0.5, 0.6) is 0 Å². The summed E-state index contributed by atoms with van der Waals surface area (Å²) in [6.07, 6.45) is 6.85. The van der Waals surface area contributed by atoms with E-state index in [1.807, 2.05) is 12.1 Å². The van der Waals surface area contributed by atoms with Gasteiger partial charge in [-0.05, 0) is 73.6 Å². The number of ether oxygens (including phenoxy) is 1. The lowest BCUT2D eigenvalue weighted by Gasteiger charge is -2.32. The Kier molecular flexibility index (Phi) is 4.66. The molecule has 1 aromatic rings. The number of benzene rings is 1. The second kappa shape index (κ2) is 6.98. The van der Waals surface area contributed by atoms with Gasteiger partial charge < -0.3 is 15.0 Å². The van der Waals surface area contributed by atoms with E-state index in [0.717, 1.165) is 32.1 Å². The minimum atomic E-state index is -0.581. The van der Waals surface area contributed by atoms with Crippen LogP contribution in [-0.2, 0) is 32.0 Å². The van der Waals surface area contributed by atoms with Crippen LogP contribution >= 0.6 is 0 Å². The molecule has 1 aromatic carbocycles. The number of aryl methyl sites for hydroxylation is 2. The number of esters is 1. The largest absolute Gasteiger partial charge is 0.469 e. The van der Waals surface area contributed by atoms with Crippen LogP contribution in [0.4, 0.5) is 5.69 Å². The third-order valence-electron chi connectivity index (χ3n) is 6.52. The van der Waals surface area contributed by atoms with Crippen LogP contribution in [0.2, 0.25) is 0 Å². The summed E-state index contributed by atoms with van der Waals surface area (Å²) < 4.78 is 4.84. The van der Waals surface area contributed by atoms with Gasteiger partial charge in [0.15, 0.2) is 0 Å². The van der Waals surface area contributed by atoms with E-state index in [2.05, 4.69) is 11.4 Å². The molecule has 1 N–H and O–H groups in total. The van der Waals surface area contributed by atoms with Crippen LogP contribution in [0.15, 0.2) is 18.2 Å². The summed E-state index contributed by atoms with van der Waals surface area (Å²) in [5.74, 6) is -1.26. The van der Waals surface area contributed by atoms with E-state index in [4.69, 9.17) is 4.74 Å². The van der Waals surface area contributed by atoms with Gasteiger partial charge in [0.05, 0.1) is 13.0 Å². The van der Waals surface area contributed by atoms with E-state index in [1.165, 1.54) is 31.1 Å². The molecule has 1 saturated carbocycles. The maximum Gasteiger partial charge on any atom is 0.313 e. The number of hydrogen-bond donors (Lipinski definition) is 1. The maximum absolute atomic E-state index is 12.5. The molecule has 0 radical (unpaired) electrons. The van der Waals surface area contributed by atoms with E-state index < -0.39 is 11.8 Å². The maximum atomic E-state index is 12.5. The quantitative estimate of drug-likeness (QED) is 0.640. The first-order chi connectivity index (χ1) is 13.0. The number of carbonyl (C=O) groups excluding carboxylic acids is 3. The molecule has 3 aliphatic rings. The molecule has 2 aliphatic carbocycles. The lowest BCUT2D eigenvalue weighted by molar-refractivity contribution is -0.145. The Morgan fingerprint density at radius 3 is 2.52 bits per heavy atom. The number of nitrogens with one attached hydrogen (secondary N) is 1. The van der Waals surface area contributed by atoms with E-state index in [1.54, 1.807) is 4.90 Å². The standard InChI is InChI=1S/C21H26N2O4/c1-27-20(26)17-13-21(17)8-10-23(11-9-21)19(25)18(24)22-16-7-6-14-4-2-3-5-15(14)12-16/h6-7,12,17H,2-5,8-11,13H2,1H3,(H,22,24). The molecule has 2 fully saturated rings. The summed E-state index contributed by atoms with van der Waals surface area (Å²) >= 11 is 0. The summed E-state index contributed by atoms with van der Waals surface area (Å²) in [6, 6.07) is 5.93. The third-order valence-corrected chi connectivity index (χ3v) is 6.52. The second-order valence-corrected chi connectivity index (χ2v) is 8.08. The van der Waals surface area contributed by atoms with E-state index in [9.17, 15) is 14.4 Å². The predicted octanol–water partition coefficient (Wildman–Crippen LogP) is 2.31. The van der Waals surface area contributed by atoms with Crippen molar-refractivity contribution in [2.75, 3.05) is 25.5 Å². The SMILES string of the molecule is COC(=O)C1CC12CCN(C(=O)C(=O)Nc1ccc3c(c1)CCCC3)CC2. The molecule has 144 valence electrons. The molecule has 1 atom stereocenters. The van der Waals surface area contributed by atoms with Crippen molar-refractivity contribution in [3.05, 3.63) is 29.3 Å². The van der Waals surface area contributed by atoms with Gasteiger partial charge in [0.1, 0.15) is 0 Å². The molecule has 1 aliphatic heterocycles. The van der Waals surface area contributed by atoms with Crippen molar-refractivity contribution in [3.63, 3.8) is 0 Å². The molecular formula is C21H26N2O4. The molecule has 27 heavy (non-hydrogen) atoms. The Bertz CT molecular complexity index is 780. The van der Waals surface area contributed by atoms with E-state index in [0.29, 0.717) is 18.8 Å². The first kappa shape index (κ1) is 18.0. The summed E-state index contributed by atoms with van der Waals surface area (Å²) in [5, 5.41) is 2.76. The predicted molar refractivity (Wildman–Crippen MR) is 100 cm³/mol. The summed E-state index contributed by atoms with van der Waals surface area (Å²) in [4.78, 5) is 38.2. The van der Waals surface area contributed by atoms with Crippen molar-refractivity contribution in [3.8, 4) is 0 Å². The van der Waals surface area contributed by atoms with Gasteiger partial charge in [-0.15, -0.1) is 0 Å². The lowest BCUT2D eigenvalue weighted by Crippen LogP contribution is -2.45. The van der Waals surface area contributed by atoms with Crippen LogP contribution in [0.3, 0.4) is 0 Å². The van der Waals surface area contributed by atoms with E-state index in [-0.39, 0.29) is 17.3 Å². The van der Waals surface area contributed by atoms with Gasteiger partial charge in [-0.3, -0.25) is 14.4 Å². The summed E-state index contributed by atoms with van der Waals surface area (Å²) in [5.41, 5.74) is 3.29. The van der Waals surface area contributed by atoms with Crippen molar-refractivity contribution in [1.82, 2.24) is 4.90 Å². The average molecular weight is 370 g/mol. The molecule has 1 saturated heterocycles. The van der Waals surface area contributed by atoms with Gasteiger partial charge in [0.2, 0.25) is 0 Å². The second-order valence-electron chi connectivity index (χ2n) is 8.08. The van der Waals surface area contributed by atoms with E-state index >= 15 is 0 Å². The normalized spacial score (nSPS) is 22.7. The van der Waals surface area contributed by atoms with Crippen molar-refractivity contribution < 1.29 is 19.1 Å². The minimum Gasteiger partial charge on any atom is -0.469 e. The smallest absolute Gasteiger partial charge is 0.313 e. The highest BCUT2D eigenvalue weighted by Crippen LogP contribution is 2.59. The fraction of sp³-hybridized carbons (Fsp3) is 0.571. The molecule has 0 aromatic heterocycles. The number of methoxy groups -OCH3 is 1. The highest BCUT2D eigenvalue weighted by molar-refractivity contribution is 6.39. The minimum absolute atomic E-state index is 0.0150. The molecule has 2 amide bonds. The fourth-order valence-corrected chi connectivity index (χ4v) is 4.67. The summed E-state index contributed by atoms with van der Waals surface area (Å²) in [6.45, 7) is 1.04. The van der Waals surface area contributed by atoms with Crippen LogP contribution in [-0.4, -0.2) is 42.9 Å². The topological polar surface area (TPSA) is 75.7 Å². The van der Waals surface area contributed by atoms with Gasteiger partial charge in [-0.2, -0.15) is 0 Å². The van der Waals surface area contributed by atoms with Crippen molar-refractivity contribution in [1.29, 1.82) is 0 Å². The molecule has 1 unspecified atom stereocenters. The number of carbonyl (C=O) groups is 3. The number of fused-ring (bicyclic) bond motifs is 1.